The number of rotatable bonds is 7. The van der Waals surface area contributed by atoms with Crippen molar-refractivity contribution in [2.45, 2.75) is 40.0 Å². The second-order valence-corrected chi connectivity index (χ2v) is 8.45. The largest absolute Gasteiger partial charge is 0.496 e. The molecule has 1 aliphatic rings. The first-order chi connectivity index (χ1) is 15.9. The van der Waals surface area contributed by atoms with E-state index in [0.717, 1.165) is 66.2 Å². The lowest BCUT2D eigenvalue weighted by atomic mass is 9.96. The first kappa shape index (κ1) is 24.5. The molecule has 0 spiro atoms. The number of carbonyl (C=O) groups is 1. The quantitative estimate of drug-likeness (QED) is 0.457. The van der Waals surface area contributed by atoms with E-state index in [9.17, 15) is 9.18 Å². The minimum absolute atomic E-state index is 0.143. The van der Waals surface area contributed by atoms with E-state index in [0.29, 0.717) is 12.5 Å². The van der Waals surface area contributed by atoms with Gasteiger partial charge in [0.25, 0.3) is 0 Å². The number of amidine groups is 1. The van der Waals surface area contributed by atoms with E-state index in [1.54, 1.807) is 26.2 Å². The molecule has 0 unspecified atom stereocenters. The summed E-state index contributed by atoms with van der Waals surface area (Å²) in [5, 5.41) is 3.37. The Labute approximate surface area is 196 Å². The van der Waals surface area contributed by atoms with Crippen molar-refractivity contribution in [3.05, 3.63) is 65.6 Å². The number of carbonyl (C=O) groups excluding carboxylic acids is 1. The summed E-state index contributed by atoms with van der Waals surface area (Å²) < 4.78 is 19.1. The molecule has 0 aliphatic carbocycles. The van der Waals surface area contributed by atoms with Gasteiger partial charge in [0.15, 0.2) is 0 Å². The third-order valence-corrected chi connectivity index (χ3v) is 6.15. The molecule has 0 radical (unpaired) electrons. The minimum Gasteiger partial charge on any atom is -0.496 e. The van der Waals surface area contributed by atoms with Gasteiger partial charge < -0.3 is 15.0 Å². The van der Waals surface area contributed by atoms with Crippen LogP contribution in [0.25, 0.3) is 11.1 Å². The van der Waals surface area contributed by atoms with Gasteiger partial charge in [0.2, 0.25) is 5.91 Å². The number of piperidine rings is 1. The van der Waals surface area contributed by atoms with Crippen molar-refractivity contribution in [3.63, 3.8) is 0 Å². The highest BCUT2D eigenvalue weighted by Gasteiger charge is 2.21. The molecule has 0 saturated carbocycles. The van der Waals surface area contributed by atoms with Crippen LogP contribution in [-0.2, 0) is 4.79 Å². The van der Waals surface area contributed by atoms with Gasteiger partial charge in [-0.2, -0.15) is 0 Å². The molecule has 1 amide bonds. The fourth-order valence-corrected chi connectivity index (χ4v) is 4.07. The van der Waals surface area contributed by atoms with Crippen molar-refractivity contribution in [2.24, 2.45) is 10.9 Å². The monoisotopic (exact) mass is 451 g/mol. The van der Waals surface area contributed by atoms with E-state index < -0.39 is 0 Å². The predicted molar refractivity (Wildman–Crippen MR) is 132 cm³/mol. The number of hydrogen-bond acceptors (Lipinski definition) is 3. The van der Waals surface area contributed by atoms with Crippen LogP contribution in [0.3, 0.4) is 0 Å². The van der Waals surface area contributed by atoms with Gasteiger partial charge in [-0.1, -0.05) is 25.1 Å². The molecule has 3 rings (SSSR count). The van der Waals surface area contributed by atoms with Gasteiger partial charge in [-0.05, 0) is 73.7 Å². The Hall–Kier alpha value is -3.15. The van der Waals surface area contributed by atoms with Crippen LogP contribution in [0.4, 0.5) is 4.39 Å². The smallest absolute Gasteiger partial charge is 0.219 e. The summed E-state index contributed by atoms with van der Waals surface area (Å²) in [7, 11) is 1.66. The van der Waals surface area contributed by atoms with Crippen molar-refractivity contribution in [3.8, 4) is 16.9 Å². The number of amides is 1. The first-order valence-electron chi connectivity index (χ1n) is 11.6. The molecule has 1 aliphatic heterocycles. The lowest BCUT2D eigenvalue weighted by Gasteiger charge is -2.30. The van der Waals surface area contributed by atoms with Crippen molar-refractivity contribution < 1.29 is 13.9 Å². The van der Waals surface area contributed by atoms with Gasteiger partial charge in [-0.15, -0.1) is 0 Å². The molecule has 0 atom stereocenters. The summed E-state index contributed by atoms with van der Waals surface area (Å²) in [5.41, 5.74) is 3.80. The van der Waals surface area contributed by atoms with Crippen LogP contribution in [-0.4, -0.2) is 43.4 Å². The molecule has 2 aromatic rings. The standard InChI is InChI=1S/C27H34FN3O2/c1-5-6-13-29-27(30-18-21-11-14-31(15-12-21)20(3)32)25-16-23(17-26(33-4)19(25)2)22-7-9-24(28)10-8-22/h6-10,13,16-17,21H,5,11-12,14-15,18H2,1-4H3,(H,29,30)/b13-6+. The molecule has 6 heteroatoms. The number of likely N-dealkylation sites (tertiary alicyclic amines) is 1. The average molecular weight is 452 g/mol. The molecular weight excluding hydrogens is 417 g/mol. The Kier molecular flexibility index (Phi) is 8.64. The van der Waals surface area contributed by atoms with Gasteiger partial charge in [0.05, 0.1) is 7.11 Å². The molecule has 5 nitrogen and oxygen atoms in total. The van der Waals surface area contributed by atoms with Crippen LogP contribution in [0, 0.1) is 18.7 Å². The van der Waals surface area contributed by atoms with Crippen LogP contribution in [0.1, 0.15) is 44.2 Å². The maximum absolute atomic E-state index is 13.5. The normalized spacial score (nSPS) is 15.2. The van der Waals surface area contributed by atoms with Crippen molar-refractivity contribution in [1.82, 2.24) is 10.2 Å². The maximum Gasteiger partial charge on any atom is 0.219 e. The third kappa shape index (κ3) is 6.44. The highest BCUT2D eigenvalue weighted by molar-refractivity contribution is 6.02. The van der Waals surface area contributed by atoms with Crippen LogP contribution < -0.4 is 10.1 Å². The number of allylic oxidation sites excluding steroid dienone is 1. The van der Waals surface area contributed by atoms with Gasteiger partial charge in [0, 0.05) is 37.7 Å². The number of nitrogens with zero attached hydrogens (tertiary/aromatic N) is 2. The van der Waals surface area contributed by atoms with Crippen LogP contribution in [0.2, 0.25) is 0 Å². The number of nitrogens with one attached hydrogen (secondary N) is 1. The highest BCUT2D eigenvalue weighted by Crippen LogP contribution is 2.31. The SMILES string of the molecule is CC/C=C/NC(=NCC1CCN(C(C)=O)CC1)c1cc(-c2ccc(F)cc2)cc(OC)c1C. The molecule has 0 bridgehead atoms. The lowest BCUT2D eigenvalue weighted by Crippen LogP contribution is -2.37. The van der Waals surface area contributed by atoms with E-state index in [1.165, 1.54) is 12.1 Å². The Morgan fingerprint density at radius 3 is 2.52 bits per heavy atom. The van der Waals surface area contributed by atoms with Gasteiger partial charge in [0.1, 0.15) is 17.4 Å². The Morgan fingerprint density at radius 1 is 1.21 bits per heavy atom. The van der Waals surface area contributed by atoms with Crippen molar-refractivity contribution >= 4 is 11.7 Å². The van der Waals surface area contributed by atoms with E-state index in [4.69, 9.17) is 9.73 Å². The highest BCUT2D eigenvalue weighted by atomic mass is 19.1. The molecule has 1 heterocycles. The summed E-state index contributed by atoms with van der Waals surface area (Å²) in [4.78, 5) is 18.5. The Bertz CT molecular complexity index is 1010. The molecule has 0 aromatic heterocycles. The van der Waals surface area contributed by atoms with Crippen molar-refractivity contribution in [1.29, 1.82) is 0 Å². The van der Waals surface area contributed by atoms with Gasteiger partial charge >= 0.3 is 0 Å². The van der Waals surface area contributed by atoms with Gasteiger partial charge in [-0.25, -0.2) is 4.39 Å². The number of ether oxygens (including phenoxy) is 1. The van der Waals surface area contributed by atoms with E-state index >= 15 is 0 Å². The second kappa shape index (κ2) is 11.6. The molecule has 1 saturated heterocycles. The molecule has 176 valence electrons. The summed E-state index contributed by atoms with van der Waals surface area (Å²) in [6, 6.07) is 10.5. The zero-order valence-corrected chi connectivity index (χ0v) is 20.0. The fourth-order valence-electron chi connectivity index (χ4n) is 4.07. The Morgan fingerprint density at radius 2 is 1.91 bits per heavy atom. The Balaban J connectivity index is 1.93. The summed E-state index contributed by atoms with van der Waals surface area (Å²) >= 11 is 0. The van der Waals surface area contributed by atoms with Gasteiger partial charge in [-0.3, -0.25) is 9.79 Å². The van der Waals surface area contributed by atoms with Crippen molar-refractivity contribution in [2.75, 3.05) is 26.7 Å². The third-order valence-electron chi connectivity index (χ3n) is 6.15. The van der Waals surface area contributed by atoms with Crippen LogP contribution in [0.15, 0.2) is 53.7 Å². The second-order valence-electron chi connectivity index (χ2n) is 8.45. The summed E-state index contributed by atoms with van der Waals surface area (Å²) in [6.45, 7) is 8.01. The molecule has 33 heavy (non-hydrogen) atoms. The van der Waals surface area contributed by atoms with E-state index in [2.05, 4.69) is 24.4 Å². The minimum atomic E-state index is -0.262. The van der Waals surface area contributed by atoms with Crippen LogP contribution in [0.5, 0.6) is 5.75 Å². The summed E-state index contributed by atoms with van der Waals surface area (Å²) in [6.07, 6.45) is 6.81. The molecule has 1 N–H and O–H groups in total. The molecular formula is C27H34FN3O2. The van der Waals surface area contributed by atoms with E-state index in [1.807, 2.05) is 24.1 Å². The topological polar surface area (TPSA) is 53.9 Å². The summed E-state index contributed by atoms with van der Waals surface area (Å²) in [5.74, 6) is 1.87. The zero-order chi connectivity index (χ0) is 23.8. The zero-order valence-electron chi connectivity index (χ0n) is 20.0. The number of hydrogen-bond donors (Lipinski definition) is 1. The average Bonchev–Trinajstić information content (AvgIpc) is 2.82. The lowest BCUT2D eigenvalue weighted by molar-refractivity contribution is -0.130. The maximum atomic E-state index is 13.5. The number of halogens is 1. The molecule has 2 aromatic carbocycles. The number of methoxy groups -OCH3 is 1. The number of aliphatic imine (C=N–C) groups is 1. The predicted octanol–water partition coefficient (Wildman–Crippen LogP) is 5.33. The van der Waals surface area contributed by atoms with Crippen LogP contribution >= 0.6 is 0 Å². The first-order valence-corrected chi connectivity index (χ1v) is 11.6. The fraction of sp³-hybridized carbons (Fsp3) is 0.407. The molecule has 1 fully saturated rings. The number of benzene rings is 2. The van der Waals surface area contributed by atoms with E-state index in [-0.39, 0.29) is 11.7 Å².